The quantitative estimate of drug-likeness (QED) is 0.487. The Morgan fingerprint density at radius 3 is 2.77 bits per heavy atom. The molecule has 4 aromatic rings. The van der Waals surface area contributed by atoms with Gasteiger partial charge in [-0.05, 0) is 50.5 Å². The number of nitriles is 1. The maximum absolute atomic E-state index is 12.7. The summed E-state index contributed by atoms with van der Waals surface area (Å²) in [5, 5.41) is 9.96. The normalized spacial score (nSPS) is 15.6. The Labute approximate surface area is 172 Å². The smallest absolute Gasteiger partial charge is 0.261 e. The van der Waals surface area contributed by atoms with Gasteiger partial charge in [0.2, 0.25) is 0 Å². The molecule has 0 atom stereocenters. The zero-order valence-corrected chi connectivity index (χ0v) is 16.9. The fraction of sp³-hybridized carbons (Fsp3) is 0.318. The van der Waals surface area contributed by atoms with E-state index in [-0.39, 0.29) is 5.56 Å². The van der Waals surface area contributed by atoms with Gasteiger partial charge >= 0.3 is 0 Å². The molecule has 1 saturated heterocycles. The van der Waals surface area contributed by atoms with Crippen molar-refractivity contribution in [3.8, 4) is 23.2 Å². The maximum Gasteiger partial charge on any atom is 0.261 e. The third-order valence-electron chi connectivity index (χ3n) is 6.10. The first-order valence-electron chi connectivity index (χ1n) is 9.99. The highest BCUT2D eigenvalue weighted by molar-refractivity contribution is 5.97. The van der Waals surface area contributed by atoms with Crippen molar-refractivity contribution >= 4 is 21.9 Å². The first kappa shape index (κ1) is 18.5. The molecule has 8 nitrogen and oxygen atoms in total. The number of ether oxygens (including phenoxy) is 1. The molecule has 8 heteroatoms. The number of likely N-dealkylation sites (tertiary alicyclic amines) is 1. The summed E-state index contributed by atoms with van der Waals surface area (Å²) in [5.74, 6) is 1.63. The topological polar surface area (TPSA) is 114 Å². The van der Waals surface area contributed by atoms with Crippen LogP contribution in [0.15, 0.2) is 29.3 Å². The van der Waals surface area contributed by atoms with Gasteiger partial charge in [0.25, 0.3) is 5.56 Å². The van der Waals surface area contributed by atoms with E-state index < -0.39 is 0 Å². The van der Waals surface area contributed by atoms with Crippen molar-refractivity contribution in [2.24, 2.45) is 0 Å². The second-order valence-electron chi connectivity index (χ2n) is 7.84. The van der Waals surface area contributed by atoms with Crippen LogP contribution < -0.4 is 10.3 Å². The van der Waals surface area contributed by atoms with Crippen molar-refractivity contribution < 1.29 is 4.74 Å². The Morgan fingerprint density at radius 1 is 1.23 bits per heavy atom. The number of aromatic nitrogens is 4. The lowest BCUT2D eigenvalue weighted by molar-refractivity contribution is 0.253. The molecule has 0 bridgehead atoms. The Kier molecular flexibility index (Phi) is 4.33. The van der Waals surface area contributed by atoms with Crippen LogP contribution in [-0.2, 0) is 0 Å². The van der Waals surface area contributed by atoms with Gasteiger partial charge in [0.1, 0.15) is 28.7 Å². The van der Waals surface area contributed by atoms with Crippen molar-refractivity contribution in [1.29, 1.82) is 5.26 Å². The fourth-order valence-electron chi connectivity index (χ4n) is 4.47. The number of pyridine rings is 1. The van der Waals surface area contributed by atoms with Gasteiger partial charge in [-0.2, -0.15) is 5.26 Å². The number of hydrogen-bond acceptors (Lipinski definition) is 5. The molecule has 152 valence electrons. The van der Waals surface area contributed by atoms with Gasteiger partial charge in [0.15, 0.2) is 0 Å². The van der Waals surface area contributed by atoms with Crippen LogP contribution in [0.3, 0.4) is 0 Å². The average Bonchev–Trinajstić information content (AvgIpc) is 3.37. The van der Waals surface area contributed by atoms with Crippen LogP contribution in [-0.4, -0.2) is 52.1 Å². The third kappa shape index (κ3) is 2.78. The fourth-order valence-corrected chi connectivity index (χ4v) is 4.47. The summed E-state index contributed by atoms with van der Waals surface area (Å²) in [7, 11) is 3.81. The van der Waals surface area contributed by atoms with Crippen molar-refractivity contribution in [2.45, 2.75) is 18.8 Å². The standard InChI is InChI=1S/C22H22N6O2/c1-28-7-5-12(6-8-28)14-3-4-16-19(20(14)30-2)27-21(26-16)17-18-15(11-25-22(17)29)13(9-23)10-24-18/h3-4,10-12,24H,5-8H2,1-2H3,(H,25,29)(H,26,27). The van der Waals surface area contributed by atoms with Gasteiger partial charge in [-0.1, -0.05) is 6.07 Å². The molecule has 0 spiro atoms. The molecule has 3 aromatic heterocycles. The highest BCUT2D eigenvalue weighted by Gasteiger charge is 2.24. The number of H-pyrrole nitrogens is 3. The molecule has 0 aliphatic carbocycles. The summed E-state index contributed by atoms with van der Waals surface area (Å²) in [6, 6.07) is 6.24. The van der Waals surface area contributed by atoms with Gasteiger partial charge in [-0.25, -0.2) is 4.98 Å². The lowest BCUT2D eigenvalue weighted by Crippen LogP contribution is -2.29. The number of methoxy groups -OCH3 is 1. The molecule has 0 saturated carbocycles. The number of fused-ring (bicyclic) bond motifs is 2. The number of hydrogen-bond donors (Lipinski definition) is 3. The molecule has 1 aromatic carbocycles. The molecule has 30 heavy (non-hydrogen) atoms. The van der Waals surface area contributed by atoms with Crippen molar-refractivity contribution in [1.82, 2.24) is 24.8 Å². The highest BCUT2D eigenvalue weighted by atomic mass is 16.5. The van der Waals surface area contributed by atoms with Crippen LogP contribution in [0, 0.1) is 11.3 Å². The molecular weight excluding hydrogens is 380 g/mol. The minimum absolute atomic E-state index is 0.276. The lowest BCUT2D eigenvalue weighted by Gasteiger charge is -2.30. The van der Waals surface area contributed by atoms with E-state index >= 15 is 0 Å². The van der Waals surface area contributed by atoms with Gasteiger partial charge in [-0.15, -0.1) is 0 Å². The summed E-state index contributed by atoms with van der Waals surface area (Å²) in [4.78, 5) is 28.8. The molecule has 0 amide bonds. The Bertz CT molecular complexity index is 1350. The van der Waals surface area contributed by atoms with E-state index in [1.54, 1.807) is 19.5 Å². The van der Waals surface area contributed by atoms with E-state index in [1.165, 1.54) is 0 Å². The second-order valence-corrected chi connectivity index (χ2v) is 7.84. The maximum atomic E-state index is 12.7. The predicted octanol–water partition coefficient (Wildman–Crippen LogP) is 3.09. The average molecular weight is 402 g/mol. The number of rotatable bonds is 3. The van der Waals surface area contributed by atoms with Gasteiger partial charge in [0, 0.05) is 17.8 Å². The molecule has 0 unspecified atom stereocenters. The van der Waals surface area contributed by atoms with E-state index in [9.17, 15) is 10.1 Å². The molecule has 0 radical (unpaired) electrons. The largest absolute Gasteiger partial charge is 0.494 e. The third-order valence-corrected chi connectivity index (χ3v) is 6.10. The minimum Gasteiger partial charge on any atom is -0.494 e. The zero-order valence-electron chi connectivity index (χ0n) is 16.9. The van der Waals surface area contributed by atoms with Crippen molar-refractivity contribution in [2.75, 3.05) is 27.2 Å². The number of piperidine rings is 1. The van der Waals surface area contributed by atoms with E-state index in [1.807, 2.05) is 6.07 Å². The summed E-state index contributed by atoms with van der Waals surface area (Å²) < 4.78 is 5.79. The van der Waals surface area contributed by atoms with Gasteiger partial charge in [0.05, 0.1) is 23.7 Å². The zero-order chi connectivity index (χ0) is 20.8. The van der Waals surface area contributed by atoms with Crippen LogP contribution in [0.1, 0.15) is 29.9 Å². The van der Waals surface area contributed by atoms with Crippen LogP contribution in [0.4, 0.5) is 0 Å². The molecular formula is C22H22N6O2. The summed E-state index contributed by atoms with van der Waals surface area (Å²) in [6.07, 6.45) is 5.31. The monoisotopic (exact) mass is 402 g/mol. The second kappa shape index (κ2) is 7.04. The summed E-state index contributed by atoms with van der Waals surface area (Å²) in [5.41, 5.74) is 3.85. The number of imidazole rings is 1. The van der Waals surface area contributed by atoms with Crippen LogP contribution in [0.2, 0.25) is 0 Å². The Balaban J connectivity index is 1.67. The number of nitrogens with zero attached hydrogens (tertiary/aromatic N) is 3. The minimum atomic E-state index is -0.276. The SMILES string of the molecule is COc1c(C2CCN(C)CC2)ccc2[nH]c(-c3c(=O)[nH]cc4c(C#N)c[nH]c34)nc12. The summed E-state index contributed by atoms with van der Waals surface area (Å²) in [6.45, 7) is 2.12. The molecule has 3 N–H and O–H groups in total. The predicted molar refractivity (Wildman–Crippen MR) is 115 cm³/mol. The van der Waals surface area contributed by atoms with Crippen LogP contribution >= 0.6 is 0 Å². The molecule has 4 heterocycles. The van der Waals surface area contributed by atoms with Crippen LogP contribution in [0.25, 0.3) is 33.3 Å². The summed E-state index contributed by atoms with van der Waals surface area (Å²) >= 11 is 0. The first-order chi connectivity index (χ1) is 14.6. The highest BCUT2D eigenvalue weighted by Crippen LogP contribution is 2.39. The number of benzene rings is 1. The molecule has 1 aliphatic heterocycles. The van der Waals surface area contributed by atoms with E-state index in [0.717, 1.165) is 42.8 Å². The molecule has 5 rings (SSSR count). The number of aromatic amines is 3. The molecule has 1 fully saturated rings. The molecule has 1 aliphatic rings. The van der Waals surface area contributed by atoms with Gasteiger partial charge in [-0.3, -0.25) is 4.79 Å². The van der Waals surface area contributed by atoms with Crippen molar-refractivity contribution in [3.63, 3.8) is 0 Å². The van der Waals surface area contributed by atoms with E-state index in [4.69, 9.17) is 9.72 Å². The Hall–Kier alpha value is -3.57. The lowest BCUT2D eigenvalue weighted by atomic mass is 9.88. The van der Waals surface area contributed by atoms with E-state index in [2.05, 4.69) is 39.0 Å². The Morgan fingerprint density at radius 2 is 2.03 bits per heavy atom. The van der Waals surface area contributed by atoms with E-state index in [0.29, 0.717) is 39.3 Å². The van der Waals surface area contributed by atoms with Crippen molar-refractivity contribution in [3.05, 3.63) is 46.0 Å². The first-order valence-corrected chi connectivity index (χ1v) is 9.99. The van der Waals surface area contributed by atoms with Gasteiger partial charge < -0.3 is 24.6 Å². The number of nitrogens with one attached hydrogen (secondary N) is 3. The van der Waals surface area contributed by atoms with Crippen LogP contribution in [0.5, 0.6) is 5.75 Å².